The number of thiophene rings is 1. The summed E-state index contributed by atoms with van der Waals surface area (Å²) in [4.78, 5) is 12.5. The molecule has 0 spiro atoms. The van der Waals surface area contributed by atoms with Crippen molar-refractivity contribution < 1.29 is 14.3 Å². The van der Waals surface area contributed by atoms with Crippen molar-refractivity contribution in [3.05, 3.63) is 52.5 Å². The Kier molecular flexibility index (Phi) is 5.29. The second-order valence-electron chi connectivity index (χ2n) is 4.99. The van der Waals surface area contributed by atoms with Gasteiger partial charge in [0.1, 0.15) is 10.8 Å². The third-order valence-electron chi connectivity index (χ3n) is 3.36. The maximum absolute atomic E-state index is 11.4. The van der Waals surface area contributed by atoms with Gasteiger partial charge < -0.3 is 9.47 Å². The van der Waals surface area contributed by atoms with E-state index in [0.29, 0.717) is 22.4 Å². The summed E-state index contributed by atoms with van der Waals surface area (Å²) < 4.78 is 11.2. The molecule has 0 saturated carbocycles. The van der Waals surface area contributed by atoms with E-state index in [9.17, 15) is 4.79 Å². The van der Waals surface area contributed by atoms with Crippen molar-refractivity contribution in [2.24, 2.45) is 0 Å². The Hall–Kier alpha value is -1.75. The average molecular weight is 381 g/mol. The second-order valence-corrected chi connectivity index (χ2v) is 6.80. The molecule has 0 aliphatic carbocycles. The molecular weight excluding hydrogens is 367 g/mol. The third kappa shape index (κ3) is 3.51. The van der Waals surface area contributed by atoms with E-state index < -0.39 is 5.97 Å². The largest absolute Gasteiger partial charge is 0.480 e. The molecule has 0 amide bonds. The van der Waals surface area contributed by atoms with Crippen molar-refractivity contribution in [1.82, 2.24) is 0 Å². The lowest BCUT2D eigenvalue weighted by atomic mass is 10.1. The lowest BCUT2D eigenvalue weighted by Crippen LogP contribution is -2.14. The summed E-state index contributed by atoms with van der Waals surface area (Å²) in [5, 5.41) is 1.65. The highest BCUT2D eigenvalue weighted by Gasteiger charge is 2.16. The molecule has 1 aromatic heterocycles. The molecule has 0 radical (unpaired) electrons. The number of rotatable bonds is 5. The first-order valence-electron chi connectivity index (χ1n) is 7.35. The van der Waals surface area contributed by atoms with Gasteiger partial charge in [-0.15, -0.1) is 11.3 Å². The fourth-order valence-electron chi connectivity index (χ4n) is 2.29. The van der Waals surface area contributed by atoms with Gasteiger partial charge in [0.05, 0.1) is 16.3 Å². The normalized spacial score (nSPS) is 10.8. The summed E-state index contributed by atoms with van der Waals surface area (Å²) >= 11 is 14.2. The Morgan fingerprint density at radius 1 is 1.12 bits per heavy atom. The fourth-order valence-corrected chi connectivity index (χ4v) is 3.95. The standard InChI is InChI=1S/C18H14Cl2O3S/c1-2-22-15(21)10-23-13-8-12-9-14(11-6-4-3-5-7-11)24-18(12)17(20)16(13)19/h3-9H,2,10H2,1H3. The molecule has 0 saturated heterocycles. The summed E-state index contributed by atoms with van der Waals surface area (Å²) in [6.45, 7) is 1.84. The van der Waals surface area contributed by atoms with Gasteiger partial charge in [-0.25, -0.2) is 4.79 Å². The van der Waals surface area contributed by atoms with Crippen molar-refractivity contribution in [3.8, 4) is 16.2 Å². The number of halogens is 2. The molecule has 0 fully saturated rings. The first kappa shape index (κ1) is 17.1. The lowest BCUT2D eigenvalue weighted by Gasteiger charge is -2.09. The number of esters is 1. The number of carbonyl (C=O) groups is 1. The molecular formula is C18H14Cl2O3S. The van der Waals surface area contributed by atoms with E-state index in [1.54, 1.807) is 24.3 Å². The van der Waals surface area contributed by atoms with E-state index in [1.165, 1.54) is 0 Å². The van der Waals surface area contributed by atoms with Gasteiger partial charge in [-0.1, -0.05) is 53.5 Å². The summed E-state index contributed by atoms with van der Waals surface area (Å²) in [7, 11) is 0. The first-order chi connectivity index (χ1) is 11.6. The minimum Gasteiger partial charge on any atom is -0.480 e. The second kappa shape index (κ2) is 7.43. The zero-order valence-electron chi connectivity index (χ0n) is 12.8. The summed E-state index contributed by atoms with van der Waals surface area (Å²) in [5.41, 5.74) is 1.11. The van der Waals surface area contributed by atoms with Crippen molar-refractivity contribution in [1.29, 1.82) is 0 Å². The molecule has 0 aliphatic heterocycles. The molecule has 0 atom stereocenters. The number of benzene rings is 2. The molecule has 124 valence electrons. The van der Waals surface area contributed by atoms with E-state index >= 15 is 0 Å². The summed E-state index contributed by atoms with van der Waals surface area (Å²) in [6.07, 6.45) is 0. The Morgan fingerprint density at radius 2 is 1.88 bits per heavy atom. The van der Waals surface area contributed by atoms with Crippen LogP contribution in [0, 0.1) is 0 Å². The van der Waals surface area contributed by atoms with Gasteiger partial charge in [-0.3, -0.25) is 0 Å². The number of hydrogen-bond acceptors (Lipinski definition) is 4. The highest BCUT2D eigenvalue weighted by molar-refractivity contribution is 7.23. The molecule has 0 unspecified atom stereocenters. The van der Waals surface area contributed by atoms with Crippen LogP contribution in [0.5, 0.6) is 5.75 Å². The van der Waals surface area contributed by atoms with Crippen LogP contribution >= 0.6 is 34.5 Å². The molecule has 3 rings (SSSR count). The Morgan fingerprint density at radius 3 is 2.58 bits per heavy atom. The topological polar surface area (TPSA) is 35.5 Å². The van der Waals surface area contributed by atoms with E-state index in [0.717, 1.165) is 20.5 Å². The Labute approximate surface area is 153 Å². The molecule has 0 bridgehead atoms. The van der Waals surface area contributed by atoms with Crippen LogP contribution in [0.4, 0.5) is 0 Å². The number of ether oxygens (including phenoxy) is 2. The van der Waals surface area contributed by atoms with Gasteiger partial charge in [0.15, 0.2) is 6.61 Å². The van der Waals surface area contributed by atoms with Crippen LogP contribution in [0.25, 0.3) is 20.5 Å². The number of carbonyl (C=O) groups excluding carboxylic acids is 1. The molecule has 3 nitrogen and oxygen atoms in total. The predicted octanol–water partition coefficient (Wildman–Crippen LogP) is 5.82. The highest BCUT2D eigenvalue weighted by atomic mass is 35.5. The molecule has 0 N–H and O–H groups in total. The molecule has 0 aliphatic rings. The molecule has 3 aromatic rings. The monoisotopic (exact) mass is 380 g/mol. The first-order valence-corrected chi connectivity index (χ1v) is 8.92. The fraction of sp³-hybridized carbons (Fsp3) is 0.167. The quantitative estimate of drug-likeness (QED) is 0.523. The molecule has 6 heteroatoms. The van der Waals surface area contributed by atoms with Crippen molar-refractivity contribution in [2.75, 3.05) is 13.2 Å². The minimum atomic E-state index is -0.444. The zero-order chi connectivity index (χ0) is 17.1. The van der Waals surface area contributed by atoms with Crippen LogP contribution in [-0.4, -0.2) is 19.2 Å². The van der Waals surface area contributed by atoms with E-state index in [1.807, 2.05) is 36.4 Å². The molecule has 2 aromatic carbocycles. The molecule has 24 heavy (non-hydrogen) atoms. The van der Waals surface area contributed by atoms with Crippen molar-refractivity contribution in [3.63, 3.8) is 0 Å². The maximum Gasteiger partial charge on any atom is 0.344 e. The van der Waals surface area contributed by atoms with Gasteiger partial charge in [0.2, 0.25) is 0 Å². The highest BCUT2D eigenvalue weighted by Crippen LogP contribution is 2.44. The minimum absolute atomic E-state index is 0.203. The van der Waals surface area contributed by atoms with Crippen LogP contribution in [0.3, 0.4) is 0 Å². The summed E-state index contributed by atoms with van der Waals surface area (Å²) in [6, 6.07) is 13.9. The van der Waals surface area contributed by atoms with Crippen molar-refractivity contribution >= 4 is 50.6 Å². The lowest BCUT2D eigenvalue weighted by molar-refractivity contribution is -0.145. The maximum atomic E-state index is 11.4. The number of fused-ring (bicyclic) bond motifs is 1. The zero-order valence-corrected chi connectivity index (χ0v) is 15.2. The average Bonchev–Trinajstić information content (AvgIpc) is 3.02. The van der Waals surface area contributed by atoms with Crippen LogP contribution in [0.2, 0.25) is 10.0 Å². The Balaban J connectivity index is 1.95. The third-order valence-corrected chi connectivity index (χ3v) is 5.54. The van der Waals surface area contributed by atoms with E-state index in [4.69, 9.17) is 32.7 Å². The van der Waals surface area contributed by atoms with Crippen molar-refractivity contribution in [2.45, 2.75) is 6.92 Å². The van der Waals surface area contributed by atoms with Gasteiger partial charge >= 0.3 is 5.97 Å². The smallest absolute Gasteiger partial charge is 0.344 e. The van der Waals surface area contributed by atoms with Gasteiger partial charge in [0, 0.05) is 4.88 Å². The summed E-state index contributed by atoms with van der Waals surface area (Å²) in [5.74, 6) is -0.0697. The van der Waals surface area contributed by atoms with Crippen LogP contribution < -0.4 is 4.74 Å². The molecule has 1 heterocycles. The SMILES string of the molecule is CCOC(=O)COc1cc2cc(-c3ccccc3)sc2c(Cl)c1Cl. The van der Waals surface area contributed by atoms with Crippen LogP contribution in [-0.2, 0) is 9.53 Å². The van der Waals surface area contributed by atoms with E-state index in [-0.39, 0.29) is 6.61 Å². The van der Waals surface area contributed by atoms with Gasteiger partial charge in [0.25, 0.3) is 0 Å². The predicted molar refractivity (Wildman–Crippen MR) is 99.4 cm³/mol. The van der Waals surface area contributed by atoms with Crippen LogP contribution in [0.15, 0.2) is 42.5 Å². The number of hydrogen-bond donors (Lipinski definition) is 0. The van der Waals surface area contributed by atoms with Gasteiger partial charge in [-0.2, -0.15) is 0 Å². The van der Waals surface area contributed by atoms with Gasteiger partial charge in [-0.05, 0) is 30.0 Å². The van der Waals surface area contributed by atoms with Crippen LogP contribution in [0.1, 0.15) is 6.92 Å². The van der Waals surface area contributed by atoms with E-state index in [2.05, 4.69) is 0 Å². The Bertz CT molecular complexity index is 875.